The molecule has 1 aliphatic rings. The highest BCUT2D eigenvalue weighted by Crippen LogP contribution is 2.27. The maximum atomic E-state index is 13.7. The van der Waals surface area contributed by atoms with Gasteiger partial charge in [-0.1, -0.05) is 44.4 Å². The summed E-state index contributed by atoms with van der Waals surface area (Å²) in [6.07, 6.45) is 5.72. The van der Waals surface area contributed by atoms with Gasteiger partial charge in [-0.3, -0.25) is 0 Å². The first-order valence-electron chi connectivity index (χ1n) is 7.72. The normalized spacial score (nSPS) is 20.1. The molecule has 1 aliphatic carbocycles. The molecular weight excluding hydrogens is 253 g/mol. The molecule has 3 heteroatoms. The molecule has 0 amide bonds. The first-order valence-corrected chi connectivity index (χ1v) is 7.72. The average molecular weight is 279 g/mol. The van der Waals surface area contributed by atoms with E-state index in [4.69, 9.17) is 0 Å². The van der Waals surface area contributed by atoms with E-state index in [9.17, 15) is 9.50 Å². The summed E-state index contributed by atoms with van der Waals surface area (Å²) < 4.78 is 13.7. The summed E-state index contributed by atoms with van der Waals surface area (Å²) >= 11 is 0. The highest BCUT2D eigenvalue weighted by molar-refractivity contribution is 5.20. The number of rotatable bonds is 5. The molecule has 2 nitrogen and oxygen atoms in total. The molecule has 0 radical (unpaired) electrons. The first kappa shape index (κ1) is 15.5. The van der Waals surface area contributed by atoms with Gasteiger partial charge in [-0.15, -0.1) is 0 Å². The molecule has 2 unspecified atom stereocenters. The minimum Gasteiger partial charge on any atom is -0.388 e. The highest BCUT2D eigenvalue weighted by atomic mass is 19.1. The smallest absolute Gasteiger partial charge is 0.129 e. The summed E-state index contributed by atoms with van der Waals surface area (Å²) in [4.78, 5) is 2.34. The fraction of sp³-hybridized carbons (Fsp3) is 0.647. The first-order chi connectivity index (χ1) is 9.59. The zero-order valence-corrected chi connectivity index (χ0v) is 12.6. The minimum absolute atomic E-state index is 0.0267. The molecule has 0 saturated heterocycles. The van der Waals surface area contributed by atoms with Crippen molar-refractivity contribution in [2.75, 3.05) is 13.6 Å². The van der Waals surface area contributed by atoms with Crippen molar-refractivity contribution in [3.8, 4) is 0 Å². The molecule has 2 rings (SSSR count). The quantitative estimate of drug-likeness (QED) is 0.887. The van der Waals surface area contributed by atoms with Gasteiger partial charge in [0.05, 0.1) is 6.10 Å². The molecule has 0 aliphatic heterocycles. The maximum Gasteiger partial charge on any atom is 0.129 e. The van der Waals surface area contributed by atoms with E-state index >= 15 is 0 Å². The lowest BCUT2D eigenvalue weighted by atomic mass is 9.92. The Hall–Kier alpha value is -0.930. The number of halogens is 1. The van der Waals surface area contributed by atoms with E-state index in [1.165, 1.54) is 38.2 Å². The highest BCUT2D eigenvalue weighted by Gasteiger charge is 2.24. The zero-order chi connectivity index (χ0) is 14.5. The molecule has 1 fully saturated rings. The van der Waals surface area contributed by atoms with E-state index < -0.39 is 6.10 Å². The maximum absolute atomic E-state index is 13.7. The van der Waals surface area contributed by atoms with Crippen molar-refractivity contribution in [2.45, 2.75) is 51.2 Å². The van der Waals surface area contributed by atoms with Gasteiger partial charge in [-0.25, -0.2) is 4.39 Å². The SMILES string of the molecule is CC(CN(C)C1CCCCC1)C(O)c1ccccc1F. The Labute approximate surface area is 121 Å². The van der Waals surface area contributed by atoms with Crippen LogP contribution < -0.4 is 0 Å². The van der Waals surface area contributed by atoms with Crippen LogP contribution in [0.3, 0.4) is 0 Å². The van der Waals surface area contributed by atoms with Gasteiger partial charge in [0.1, 0.15) is 5.82 Å². The van der Waals surface area contributed by atoms with Gasteiger partial charge in [0.25, 0.3) is 0 Å². The standard InChI is InChI=1S/C17H26FNO/c1-13(12-19(2)14-8-4-3-5-9-14)17(20)15-10-6-7-11-16(15)18/h6-7,10-11,13-14,17,20H,3-5,8-9,12H2,1-2H3. The largest absolute Gasteiger partial charge is 0.388 e. The number of nitrogens with zero attached hydrogens (tertiary/aromatic N) is 1. The van der Waals surface area contributed by atoms with Gasteiger partial charge >= 0.3 is 0 Å². The van der Waals surface area contributed by atoms with Crippen molar-refractivity contribution in [3.05, 3.63) is 35.6 Å². The predicted molar refractivity (Wildman–Crippen MR) is 80.0 cm³/mol. The van der Waals surface area contributed by atoms with Crippen LogP contribution in [-0.2, 0) is 0 Å². The lowest BCUT2D eigenvalue weighted by Crippen LogP contribution is -2.37. The van der Waals surface area contributed by atoms with Crippen LogP contribution in [0.25, 0.3) is 0 Å². The fourth-order valence-electron chi connectivity index (χ4n) is 3.25. The van der Waals surface area contributed by atoms with Gasteiger partial charge in [-0.05, 0) is 31.9 Å². The molecule has 1 saturated carbocycles. The summed E-state index contributed by atoms with van der Waals surface area (Å²) in [7, 11) is 2.13. The van der Waals surface area contributed by atoms with Crippen molar-refractivity contribution in [1.82, 2.24) is 4.90 Å². The molecule has 1 aromatic carbocycles. The third-order valence-corrected chi connectivity index (χ3v) is 4.54. The Bertz CT molecular complexity index is 417. The number of aliphatic hydroxyl groups excluding tert-OH is 1. The van der Waals surface area contributed by atoms with Crippen molar-refractivity contribution in [2.24, 2.45) is 5.92 Å². The summed E-state index contributed by atoms with van der Waals surface area (Å²) in [6.45, 7) is 2.80. The predicted octanol–water partition coefficient (Wildman–Crippen LogP) is 3.76. The second-order valence-electron chi connectivity index (χ2n) is 6.18. The lowest BCUT2D eigenvalue weighted by Gasteiger charge is -2.34. The molecule has 2 atom stereocenters. The third-order valence-electron chi connectivity index (χ3n) is 4.54. The third kappa shape index (κ3) is 3.80. The Morgan fingerprint density at radius 3 is 2.55 bits per heavy atom. The monoisotopic (exact) mass is 279 g/mol. The molecule has 0 spiro atoms. The topological polar surface area (TPSA) is 23.5 Å². The Balaban J connectivity index is 1.93. The van der Waals surface area contributed by atoms with Gasteiger partial charge in [0, 0.05) is 18.2 Å². The molecule has 0 aromatic heterocycles. The van der Waals surface area contributed by atoms with Crippen LogP contribution in [0, 0.1) is 11.7 Å². The summed E-state index contributed by atoms with van der Waals surface area (Å²) in [5, 5.41) is 10.4. The second-order valence-corrected chi connectivity index (χ2v) is 6.18. The number of hydrogen-bond acceptors (Lipinski definition) is 2. The number of hydrogen-bond donors (Lipinski definition) is 1. The molecule has 0 bridgehead atoms. The van der Waals surface area contributed by atoms with Crippen LogP contribution in [-0.4, -0.2) is 29.6 Å². The summed E-state index contributed by atoms with van der Waals surface area (Å²) in [6, 6.07) is 7.15. The second kappa shape index (κ2) is 7.19. The van der Waals surface area contributed by atoms with Gasteiger partial charge in [-0.2, -0.15) is 0 Å². The average Bonchev–Trinajstić information content (AvgIpc) is 2.48. The van der Waals surface area contributed by atoms with Crippen LogP contribution in [0.5, 0.6) is 0 Å². The molecule has 1 N–H and O–H groups in total. The van der Waals surface area contributed by atoms with Crippen LogP contribution in [0.2, 0.25) is 0 Å². The number of aliphatic hydroxyl groups is 1. The lowest BCUT2D eigenvalue weighted by molar-refractivity contribution is 0.0739. The summed E-state index contributed by atoms with van der Waals surface area (Å²) in [5.74, 6) is -0.286. The molecule has 0 heterocycles. The van der Waals surface area contributed by atoms with Crippen molar-refractivity contribution in [1.29, 1.82) is 0 Å². The van der Waals surface area contributed by atoms with E-state index in [1.807, 2.05) is 6.92 Å². The number of benzene rings is 1. The van der Waals surface area contributed by atoms with E-state index in [1.54, 1.807) is 18.2 Å². The van der Waals surface area contributed by atoms with E-state index in [2.05, 4.69) is 11.9 Å². The minimum atomic E-state index is -0.734. The van der Waals surface area contributed by atoms with E-state index in [0.717, 1.165) is 6.54 Å². The Kier molecular flexibility index (Phi) is 5.55. The van der Waals surface area contributed by atoms with Gasteiger partial charge in [0.2, 0.25) is 0 Å². The van der Waals surface area contributed by atoms with Crippen LogP contribution in [0.15, 0.2) is 24.3 Å². The van der Waals surface area contributed by atoms with E-state index in [-0.39, 0.29) is 11.7 Å². The Morgan fingerprint density at radius 2 is 1.90 bits per heavy atom. The van der Waals surface area contributed by atoms with Crippen LogP contribution in [0.1, 0.15) is 50.7 Å². The van der Waals surface area contributed by atoms with Crippen molar-refractivity contribution in [3.63, 3.8) is 0 Å². The molecular formula is C17H26FNO. The molecule has 1 aromatic rings. The molecule has 112 valence electrons. The Morgan fingerprint density at radius 1 is 1.25 bits per heavy atom. The van der Waals surface area contributed by atoms with Crippen molar-refractivity contribution < 1.29 is 9.50 Å². The zero-order valence-electron chi connectivity index (χ0n) is 12.6. The van der Waals surface area contributed by atoms with Gasteiger partial charge < -0.3 is 10.0 Å². The fourth-order valence-corrected chi connectivity index (χ4v) is 3.25. The van der Waals surface area contributed by atoms with E-state index in [0.29, 0.717) is 11.6 Å². The summed E-state index contributed by atoms with van der Waals surface area (Å²) in [5.41, 5.74) is 0.414. The molecule has 20 heavy (non-hydrogen) atoms. The van der Waals surface area contributed by atoms with Gasteiger partial charge in [0.15, 0.2) is 0 Å². The van der Waals surface area contributed by atoms with Crippen molar-refractivity contribution >= 4 is 0 Å². The van der Waals surface area contributed by atoms with Crippen LogP contribution in [0.4, 0.5) is 4.39 Å². The van der Waals surface area contributed by atoms with Crippen LogP contribution >= 0.6 is 0 Å².